The minimum atomic E-state index is 1.14. The number of unbranched alkanes of at least 4 members (excludes halogenated alkanes) is 7. The standard InChI is InChI=1S/C18H30/c1-3-5-7-9-11-13-15-17-18-16-14-12-10-8-6-4-2/h3-4,11,13-14,16H,1-2,5-10,12,15,17-18H2. The lowest BCUT2D eigenvalue weighted by Gasteiger charge is -1.93. The molecule has 0 aromatic carbocycles. The second-order valence-electron chi connectivity index (χ2n) is 4.67. The van der Waals surface area contributed by atoms with Crippen LogP contribution in [0.2, 0.25) is 0 Å². The van der Waals surface area contributed by atoms with Crippen molar-refractivity contribution in [2.75, 3.05) is 0 Å². The van der Waals surface area contributed by atoms with Crippen LogP contribution < -0.4 is 0 Å². The van der Waals surface area contributed by atoms with Crippen LogP contribution in [-0.2, 0) is 0 Å². The van der Waals surface area contributed by atoms with Crippen molar-refractivity contribution in [3.8, 4) is 0 Å². The van der Waals surface area contributed by atoms with Crippen molar-refractivity contribution in [1.82, 2.24) is 0 Å². The summed E-state index contributed by atoms with van der Waals surface area (Å²) in [4.78, 5) is 0. The number of hydrogen-bond acceptors (Lipinski definition) is 0. The van der Waals surface area contributed by atoms with Crippen LogP contribution in [0.3, 0.4) is 0 Å². The van der Waals surface area contributed by atoms with Crippen LogP contribution in [0.4, 0.5) is 0 Å². The van der Waals surface area contributed by atoms with Crippen LogP contribution >= 0.6 is 0 Å². The molecule has 0 aliphatic rings. The fraction of sp³-hybridized carbons (Fsp3) is 0.556. The first-order valence-corrected chi connectivity index (χ1v) is 7.43. The molecule has 0 nitrogen and oxygen atoms in total. The van der Waals surface area contributed by atoms with Gasteiger partial charge in [-0.25, -0.2) is 0 Å². The Labute approximate surface area is 114 Å². The van der Waals surface area contributed by atoms with Gasteiger partial charge in [0, 0.05) is 0 Å². The van der Waals surface area contributed by atoms with E-state index in [1.165, 1.54) is 51.4 Å². The van der Waals surface area contributed by atoms with Crippen LogP contribution in [0, 0.1) is 0 Å². The third kappa shape index (κ3) is 15.0. The Bertz CT molecular complexity index is 232. The molecule has 0 rings (SSSR count). The maximum absolute atomic E-state index is 3.73. The highest BCUT2D eigenvalue weighted by Gasteiger charge is 1.84. The summed E-state index contributed by atoms with van der Waals surface area (Å²) in [6.45, 7) is 7.45. The highest BCUT2D eigenvalue weighted by Crippen LogP contribution is 2.04. The van der Waals surface area contributed by atoms with Crippen molar-refractivity contribution in [3.63, 3.8) is 0 Å². The zero-order valence-corrected chi connectivity index (χ0v) is 11.9. The molecule has 0 bridgehead atoms. The highest BCUT2D eigenvalue weighted by molar-refractivity contribution is 4.86. The molecule has 0 aromatic rings. The molecule has 0 amide bonds. The molecular formula is C18H30. The van der Waals surface area contributed by atoms with Crippen molar-refractivity contribution in [3.05, 3.63) is 49.6 Å². The largest absolute Gasteiger partial charge is 0.103 e. The summed E-state index contributed by atoms with van der Waals surface area (Å²) in [7, 11) is 0. The molecule has 0 fully saturated rings. The van der Waals surface area contributed by atoms with Gasteiger partial charge in [0.05, 0.1) is 0 Å². The Morgan fingerprint density at radius 3 is 1.28 bits per heavy atom. The summed E-state index contributed by atoms with van der Waals surface area (Å²) in [5, 5.41) is 0. The average Bonchev–Trinajstić information content (AvgIpc) is 2.39. The molecule has 0 spiro atoms. The predicted octanol–water partition coefficient (Wildman–Crippen LogP) is 6.37. The molecule has 0 aromatic heterocycles. The molecular weight excluding hydrogens is 216 g/mol. The van der Waals surface area contributed by atoms with E-state index in [-0.39, 0.29) is 0 Å². The van der Waals surface area contributed by atoms with Crippen molar-refractivity contribution in [2.24, 2.45) is 0 Å². The molecule has 0 N–H and O–H groups in total. The van der Waals surface area contributed by atoms with E-state index < -0.39 is 0 Å². The summed E-state index contributed by atoms with van der Waals surface area (Å²) in [5.41, 5.74) is 0. The quantitative estimate of drug-likeness (QED) is 0.261. The van der Waals surface area contributed by atoms with Crippen LogP contribution in [0.5, 0.6) is 0 Å². The van der Waals surface area contributed by atoms with Gasteiger partial charge in [-0.2, -0.15) is 0 Å². The first kappa shape index (κ1) is 17.0. The van der Waals surface area contributed by atoms with Gasteiger partial charge in [-0.05, 0) is 64.2 Å². The van der Waals surface area contributed by atoms with Crippen molar-refractivity contribution in [2.45, 2.75) is 64.2 Å². The molecule has 0 atom stereocenters. The Morgan fingerprint density at radius 1 is 0.444 bits per heavy atom. The average molecular weight is 246 g/mol. The van der Waals surface area contributed by atoms with E-state index in [9.17, 15) is 0 Å². The van der Waals surface area contributed by atoms with Crippen molar-refractivity contribution in [1.29, 1.82) is 0 Å². The van der Waals surface area contributed by atoms with Gasteiger partial charge < -0.3 is 0 Å². The van der Waals surface area contributed by atoms with Gasteiger partial charge in [-0.15, -0.1) is 13.2 Å². The summed E-state index contributed by atoms with van der Waals surface area (Å²) < 4.78 is 0. The first-order chi connectivity index (χ1) is 8.91. The lowest BCUT2D eigenvalue weighted by molar-refractivity contribution is 0.759. The van der Waals surface area contributed by atoms with Crippen LogP contribution in [0.1, 0.15) is 64.2 Å². The topological polar surface area (TPSA) is 0 Å². The van der Waals surface area contributed by atoms with E-state index in [0.29, 0.717) is 0 Å². The molecule has 0 aliphatic carbocycles. The lowest BCUT2D eigenvalue weighted by atomic mass is 10.1. The van der Waals surface area contributed by atoms with Crippen molar-refractivity contribution >= 4 is 0 Å². The van der Waals surface area contributed by atoms with E-state index in [2.05, 4.69) is 37.5 Å². The Hall–Kier alpha value is -1.04. The van der Waals surface area contributed by atoms with Gasteiger partial charge in [0.2, 0.25) is 0 Å². The normalized spacial score (nSPS) is 11.3. The lowest BCUT2D eigenvalue weighted by Crippen LogP contribution is -1.73. The van der Waals surface area contributed by atoms with E-state index in [0.717, 1.165) is 12.8 Å². The Kier molecular flexibility index (Phi) is 15.0. The Morgan fingerprint density at radius 2 is 0.778 bits per heavy atom. The summed E-state index contributed by atoms with van der Waals surface area (Å²) in [6, 6.07) is 0. The second kappa shape index (κ2) is 16.0. The second-order valence-corrected chi connectivity index (χ2v) is 4.67. The van der Waals surface area contributed by atoms with Gasteiger partial charge >= 0.3 is 0 Å². The molecule has 0 radical (unpaired) electrons. The van der Waals surface area contributed by atoms with Crippen LogP contribution in [0.25, 0.3) is 0 Å². The highest BCUT2D eigenvalue weighted by atomic mass is 13.9. The molecule has 18 heavy (non-hydrogen) atoms. The number of rotatable bonds is 13. The maximum Gasteiger partial charge on any atom is -0.0348 e. The van der Waals surface area contributed by atoms with Crippen LogP contribution in [-0.4, -0.2) is 0 Å². The summed E-state index contributed by atoms with van der Waals surface area (Å²) in [5.74, 6) is 0. The minimum absolute atomic E-state index is 1.14. The van der Waals surface area contributed by atoms with Gasteiger partial charge in [-0.1, -0.05) is 36.5 Å². The van der Waals surface area contributed by atoms with E-state index in [4.69, 9.17) is 0 Å². The van der Waals surface area contributed by atoms with Gasteiger partial charge in [0.1, 0.15) is 0 Å². The molecule has 102 valence electrons. The fourth-order valence-corrected chi connectivity index (χ4v) is 1.76. The van der Waals surface area contributed by atoms with Crippen LogP contribution in [0.15, 0.2) is 49.6 Å². The molecule has 0 heterocycles. The van der Waals surface area contributed by atoms with E-state index in [1.807, 2.05) is 12.2 Å². The smallest absolute Gasteiger partial charge is 0.0348 e. The third-order valence-corrected chi connectivity index (χ3v) is 2.88. The van der Waals surface area contributed by atoms with Gasteiger partial charge in [0.25, 0.3) is 0 Å². The minimum Gasteiger partial charge on any atom is -0.103 e. The first-order valence-electron chi connectivity index (χ1n) is 7.43. The summed E-state index contributed by atoms with van der Waals surface area (Å²) in [6.07, 6.45) is 25.5. The van der Waals surface area contributed by atoms with Crippen molar-refractivity contribution < 1.29 is 0 Å². The molecule has 0 aliphatic heterocycles. The zero-order valence-electron chi connectivity index (χ0n) is 11.9. The fourth-order valence-electron chi connectivity index (χ4n) is 1.76. The number of allylic oxidation sites excluding steroid dienone is 6. The van der Waals surface area contributed by atoms with Gasteiger partial charge in [-0.3, -0.25) is 0 Å². The van der Waals surface area contributed by atoms with E-state index >= 15 is 0 Å². The third-order valence-electron chi connectivity index (χ3n) is 2.88. The molecule has 0 saturated carbocycles. The zero-order chi connectivity index (χ0) is 13.3. The monoisotopic (exact) mass is 246 g/mol. The molecule has 0 saturated heterocycles. The van der Waals surface area contributed by atoms with Gasteiger partial charge in [0.15, 0.2) is 0 Å². The summed E-state index contributed by atoms with van der Waals surface area (Å²) >= 11 is 0. The molecule has 0 heteroatoms. The number of hydrogen-bond donors (Lipinski definition) is 0. The predicted molar refractivity (Wildman–Crippen MR) is 84.8 cm³/mol. The van der Waals surface area contributed by atoms with E-state index in [1.54, 1.807) is 0 Å². The SMILES string of the molecule is C=CCCCC=CCCCC=CCCCCC=C. The maximum atomic E-state index is 3.73. The molecule has 0 unspecified atom stereocenters. The Balaban J connectivity index is 3.16.